The van der Waals surface area contributed by atoms with E-state index in [1.54, 1.807) is 7.11 Å². The Balaban J connectivity index is 1.77. The third kappa shape index (κ3) is 7.78. The Morgan fingerprint density at radius 2 is 1.79 bits per heavy atom. The van der Waals surface area contributed by atoms with Gasteiger partial charge in [0, 0.05) is 31.1 Å². The van der Waals surface area contributed by atoms with Crippen LogP contribution in [0.3, 0.4) is 0 Å². The average Bonchev–Trinajstić information content (AvgIpc) is 2.76. The smallest absolute Gasteiger partial charge is 0.220 e. The Morgan fingerprint density at radius 3 is 2.45 bits per heavy atom. The van der Waals surface area contributed by atoms with E-state index in [9.17, 15) is 4.79 Å². The van der Waals surface area contributed by atoms with Gasteiger partial charge in [-0.2, -0.15) is 0 Å². The number of ether oxygens (including phenoxy) is 2. The second-order valence-corrected chi connectivity index (χ2v) is 7.20. The largest absolute Gasteiger partial charge is 0.497 e. The predicted octanol–water partition coefficient (Wildman–Crippen LogP) is 4.18. The Hall–Kier alpha value is -2.53. The molecule has 0 saturated carbocycles. The highest BCUT2D eigenvalue weighted by Crippen LogP contribution is 2.26. The summed E-state index contributed by atoms with van der Waals surface area (Å²) in [5.74, 6) is 1.64. The summed E-state index contributed by atoms with van der Waals surface area (Å²) < 4.78 is 11.3. The lowest BCUT2D eigenvalue weighted by atomic mass is 10.1. The summed E-state index contributed by atoms with van der Waals surface area (Å²) in [5.41, 5.74) is 3.54. The molecule has 0 aliphatic rings. The molecule has 0 aromatic heterocycles. The number of hydrogen-bond donors (Lipinski definition) is 1. The highest BCUT2D eigenvalue weighted by molar-refractivity contribution is 5.75. The highest BCUT2D eigenvalue weighted by atomic mass is 16.5. The summed E-state index contributed by atoms with van der Waals surface area (Å²) >= 11 is 0. The molecule has 0 aliphatic carbocycles. The van der Waals surface area contributed by atoms with Gasteiger partial charge in [-0.1, -0.05) is 44.2 Å². The van der Waals surface area contributed by atoms with Crippen molar-refractivity contribution in [3.63, 3.8) is 0 Å². The van der Waals surface area contributed by atoms with Crippen molar-refractivity contribution >= 4 is 5.91 Å². The molecule has 5 nitrogen and oxygen atoms in total. The quantitative estimate of drug-likeness (QED) is 0.545. The van der Waals surface area contributed by atoms with Gasteiger partial charge >= 0.3 is 0 Å². The molecular weight excluding hydrogens is 364 g/mol. The maximum Gasteiger partial charge on any atom is 0.220 e. The lowest BCUT2D eigenvalue weighted by Crippen LogP contribution is -2.23. The molecule has 2 aromatic rings. The minimum absolute atomic E-state index is 0.0461. The van der Waals surface area contributed by atoms with Gasteiger partial charge in [-0.25, -0.2) is 0 Å². The van der Waals surface area contributed by atoms with E-state index in [1.165, 1.54) is 5.56 Å². The van der Waals surface area contributed by atoms with Crippen LogP contribution in [0.2, 0.25) is 0 Å². The monoisotopic (exact) mass is 398 g/mol. The van der Waals surface area contributed by atoms with Crippen LogP contribution in [0.15, 0.2) is 42.5 Å². The molecule has 5 heteroatoms. The maximum atomic E-state index is 12.1. The second-order valence-electron chi connectivity index (χ2n) is 7.20. The van der Waals surface area contributed by atoms with E-state index in [2.05, 4.69) is 55.4 Å². The molecule has 0 saturated heterocycles. The fourth-order valence-corrected chi connectivity index (χ4v) is 2.93. The zero-order valence-electron chi connectivity index (χ0n) is 18.2. The van der Waals surface area contributed by atoms with E-state index < -0.39 is 0 Å². The molecule has 0 unspecified atom stereocenters. The zero-order chi connectivity index (χ0) is 21.1. The van der Waals surface area contributed by atoms with E-state index >= 15 is 0 Å². The van der Waals surface area contributed by atoms with Crippen molar-refractivity contribution in [2.24, 2.45) is 0 Å². The molecule has 1 amide bonds. The van der Waals surface area contributed by atoms with Gasteiger partial charge < -0.3 is 19.7 Å². The van der Waals surface area contributed by atoms with Crippen LogP contribution in [0.1, 0.15) is 43.4 Å². The third-order valence-electron chi connectivity index (χ3n) is 4.98. The van der Waals surface area contributed by atoms with Gasteiger partial charge in [-0.05, 0) is 43.6 Å². The number of rotatable bonds is 12. The molecule has 0 spiro atoms. The third-order valence-corrected chi connectivity index (χ3v) is 4.98. The van der Waals surface area contributed by atoms with E-state index in [-0.39, 0.29) is 5.91 Å². The number of hydrogen-bond acceptors (Lipinski definition) is 4. The normalized spacial score (nSPS) is 10.8. The summed E-state index contributed by atoms with van der Waals surface area (Å²) in [4.78, 5) is 14.3. The van der Waals surface area contributed by atoms with Gasteiger partial charge in [0.15, 0.2) is 0 Å². The first-order chi connectivity index (χ1) is 14.0. The van der Waals surface area contributed by atoms with Crippen LogP contribution in [0.5, 0.6) is 11.5 Å². The van der Waals surface area contributed by atoms with Crippen molar-refractivity contribution in [3.8, 4) is 11.5 Å². The second kappa shape index (κ2) is 12.1. The van der Waals surface area contributed by atoms with Crippen molar-refractivity contribution < 1.29 is 14.3 Å². The van der Waals surface area contributed by atoms with Crippen LogP contribution >= 0.6 is 0 Å². The van der Waals surface area contributed by atoms with E-state index in [4.69, 9.17) is 9.47 Å². The van der Waals surface area contributed by atoms with Crippen LogP contribution in [-0.4, -0.2) is 38.1 Å². The highest BCUT2D eigenvalue weighted by Gasteiger charge is 2.09. The molecule has 2 aromatic carbocycles. The van der Waals surface area contributed by atoms with Crippen molar-refractivity contribution in [2.75, 3.05) is 27.3 Å². The van der Waals surface area contributed by atoms with Crippen molar-refractivity contribution in [1.29, 1.82) is 0 Å². The molecule has 0 fully saturated rings. The summed E-state index contributed by atoms with van der Waals surface area (Å²) in [7, 11) is 3.73. The van der Waals surface area contributed by atoms with Gasteiger partial charge in [-0.3, -0.25) is 4.79 Å². The number of nitrogens with zero attached hydrogens (tertiary/aromatic N) is 1. The molecule has 1 N–H and O–H groups in total. The predicted molar refractivity (Wildman–Crippen MR) is 117 cm³/mol. The fraction of sp³-hybridized carbons (Fsp3) is 0.458. The number of aryl methyl sites for hydroxylation is 1. The Bertz CT molecular complexity index is 759. The average molecular weight is 399 g/mol. The topological polar surface area (TPSA) is 50.8 Å². The first-order valence-corrected chi connectivity index (χ1v) is 10.4. The van der Waals surface area contributed by atoms with Crippen molar-refractivity contribution in [1.82, 2.24) is 10.2 Å². The van der Waals surface area contributed by atoms with E-state index in [0.717, 1.165) is 42.1 Å². The standard InChI is InChI=1S/C24H34N2O3/c1-5-19-9-11-20(12-10-19)17-25-24(27)8-7-15-29-23-16-22(28-4)14-13-21(23)18-26(3)6-2/h9-14,16H,5-8,15,17-18H2,1-4H3,(H,25,27). The molecule has 0 heterocycles. The number of benzene rings is 2. The number of nitrogens with one attached hydrogen (secondary N) is 1. The molecule has 0 radical (unpaired) electrons. The van der Waals surface area contributed by atoms with Crippen molar-refractivity contribution in [2.45, 2.75) is 46.2 Å². The molecule has 0 aliphatic heterocycles. The van der Waals surface area contributed by atoms with Crippen LogP contribution < -0.4 is 14.8 Å². The number of methoxy groups -OCH3 is 1. The SMILES string of the molecule is CCc1ccc(CNC(=O)CCCOc2cc(OC)ccc2CN(C)CC)cc1. The summed E-state index contributed by atoms with van der Waals surface area (Å²) in [6.45, 7) is 7.10. The van der Waals surface area contributed by atoms with E-state index in [0.29, 0.717) is 26.0 Å². The summed E-state index contributed by atoms with van der Waals surface area (Å²) in [6.07, 6.45) is 2.14. The van der Waals surface area contributed by atoms with Crippen LogP contribution in [0.25, 0.3) is 0 Å². The van der Waals surface area contributed by atoms with Gasteiger partial charge in [0.1, 0.15) is 11.5 Å². The molecule has 158 valence electrons. The van der Waals surface area contributed by atoms with Crippen LogP contribution in [0, 0.1) is 0 Å². The zero-order valence-corrected chi connectivity index (χ0v) is 18.2. The Morgan fingerprint density at radius 1 is 1.07 bits per heavy atom. The minimum atomic E-state index is 0.0461. The summed E-state index contributed by atoms with van der Waals surface area (Å²) in [6, 6.07) is 14.3. The maximum absolute atomic E-state index is 12.1. The molecule has 0 bridgehead atoms. The number of carbonyl (C=O) groups excluding carboxylic acids is 1. The fourth-order valence-electron chi connectivity index (χ4n) is 2.93. The minimum Gasteiger partial charge on any atom is -0.497 e. The lowest BCUT2D eigenvalue weighted by molar-refractivity contribution is -0.121. The molecular formula is C24H34N2O3. The lowest BCUT2D eigenvalue weighted by Gasteiger charge is -2.18. The Kier molecular flexibility index (Phi) is 9.51. The number of amides is 1. The van der Waals surface area contributed by atoms with Gasteiger partial charge in [-0.15, -0.1) is 0 Å². The van der Waals surface area contributed by atoms with Crippen LogP contribution in [0.4, 0.5) is 0 Å². The Labute approximate surface area is 175 Å². The van der Waals surface area contributed by atoms with Gasteiger partial charge in [0.2, 0.25) is 5.91 Å². The van der Waals surface area contributed by atoms with Crippen LogP contribution in [-0.2, 0) is 24.3 Å². The summed E-state index contributed by atoms with van der Waals surface area (Å²) in [5, 5.41) is 2.98. The van der Waals surface area contributed by atoms with Crippen molar-refractivity contribution in [3.05, 3.63) is 59.2 Å². The molecule has 29 heavy (non-hydrogen) atoms. The van der Waals surface area contributed by atoms with Gasteiger partial charge in [0.25, 0.3) is 0 Å². The first-order valence-electron chi connectivity index (χ1n) is 10.4. The van der Waals surface area contributed by atoms with Gasteiger partial charge in [0.05, 0.1) is 13.7 Å². The molecule has 2 rings (SSSR count). The molecule has 0 atom stereocenters. The van der Waals surface area contributed by atoms with E-state index in [1.807, 2.05) is 18.2 Å². The first kappa shape index (κ1) is 22.8. The number of carbonyl (C=O) groups is 1.